The van der Waals surface area contributed by atoms with E-state index in [1.165, 1.54) is 10.9 Å². The van der Waals surface area contributed by atoms with Crippen LogP contribution in [0.1, 0.15) is 35.6 Å². The topological polar surface area (TPSA) is 104 Å². The number of amides is 1. The number of aromatic nitrogens is 5. The van der Waals surface area contributed by atoms with E-state index in [1.807, 2.05) is 11.5 Å². The van der Waals surface area contributed by atoms with Crippen molar-refractivity contribution in [2.45, 2.75) is 25.9 Å². The van der Waals surface area contributed by atoms with Crippen molar-refractivity contribution < 1.29 is 9.53 Å². The number of nitrogens with one attached hydrogen (secondary N) is 1. The van der Waals surface area contributed by atoms with Crippen LogP contribution in [0.3, 0.4) is 0 Å². The number of nitrogens with zero attached hydrogens (tertiary/aromatic N) is 5. The van der Waals surface area contributed by atoms with Crippen LogP contribution in [0, 0.1) is 0 Å². The second-order valence-electron chi connectivity index (χ2n) is 6.32. The van der Waals surface area contributed by atoms with Gasteiger partial charge in [-0.15, -0.1) is 10.2 Å². The smallest absolute Gasteiger partial charge is 0.260 e. The van der Waals surface area contributed by atoms with Crippen molar-refractivity contribution in [1.29, 1.82) is 0 Å². The Morgan fingerprint density at radius 3 is 2.93 bits per heavy atom. The van der Waals surface area contributed by atoms with Gasteiger partial charge in [0.25, 0.3) is 11.5 Å². The van der Waals surface area contributed by atoms with Gasteiger partial charge in [-0.3, -0.25) is 9.59 Å². The maximum atomic E-state index is 12.6. The first-order valence-corrected chi connectivity index (χ1v) is 8.64. The van der Waals surface area contributed by atoms with Crippen LogP contribution in [0.15, 0.2) is 35.6 Å². The van der Waals surface area contributed by atoms with Crippen molar-refractivity contribution in [1.82, 2.24) is 29.6 Å². The van der Waals surface area contributed by atoms with Crippen LogP contribution in [0.2, 0.25) is 0 Å². The fraction of sp³-hybridized carbons (Fsp3) is 0.389. The zero-order valence-corrected chi connectivity index (χ0v) is 15.5. The van der Waals surface area contributed by atoms with Crippen LogP contribution >= 0.6 is 0 Å². The molecule has 2 aromatic heterocycles. The molecule has 0 saturated carbocycles. The monoisotopic (exact) mass is 370 g/mol. The van der Waals surface area contributed by atoms with Crippen molar-refractivity contribution in [2.75, 3.05) is 13.7 Å². The first-order valence-electron chi connectivity index (χ1n) is 8.64. The van der Waals surface area contributed by atoms with Crippen LogP contribution in [-0.4, -0.2) is 43.9 Å². The summed E-state index contributed by atoms with van der Waals surface area (Å²) in [5.41, 5.74) is 0.770. The standard InChI is InChI=1S/C18H22N6O3/c1-12(16-22-20-11-24(16)7-4-8-27-3)21-17(25)13-5-6-14-15(9-13)19-10-23(2)18(14)26/h5-6,9-12H,4,7-8H2,1-3H3,(H,21,25). The number of rotatable bonds is 7. The van der Waals surface area contributed by atoms with Crippen molar-refractivity contribution in [3.8, 4) is 0 Å². The van der Waals surface area contributed by atoms with E-state index >= 15 is 0 Å². The molecule has 0 bridgehead atoms. The molecule has 142 valence electrons. The van der Waals surface area contributed by atoms with Crippen LogP contribution in [-0.2, 0) is 18.3 Å². The highest BCUT2D eigenvalue weighted by atomic mass is 16.5. The number of carbonyl (C=O) groups is 1. The van der Waals surface area contributed by atoms with Gasteiger partial charge in [0.15, 0.2) is 5.82 Å². The first kappa shape index (κ1) is 18.7. The predicted octanol–water partition coefficient (Wildman–Crippen LogP) is 1.05. The molecule has 0 aliphatic rings. The Kier molecular flexibility index (Phi) is 5.60. The van der Waals surface area contributed by atoms with Gasteiger partial charge in [-0.1, -0.05) is 0 Å². The largest absolute Gasteiger partial charge is 0.385 e. The molecule has 3 rings (SSSR count). The van der Waals surface area contributed by atoms with Gasteiger partial charge in [0.05, 0.1) is 23.3 Å². The SMILES string of the molecule is COCCCn1cnnc1C(C)NC(=O)c1ccc2c(=O)n(C)cnc2c1. The molecule has 1 atom stereocenters. The summed E-state index contributed by atoms with van der Waals surface area (Å²) in [5, 5.41) is 11.4. The average Bonchev–Trinajstić information content (AvgIpc) is 3.13. The van der Waals surface area contributed by atoms with Crippen LogP contribution in [0.5, 0.6) is 0 Å². The van der Waals surface area contributed by atoms with Crippen molar-refractivity contribution in [3.05, 3.63) is 52.6 Å². The quantitative estimate of drug-likeness (QED) is 0.624. The van der Waals surface area contributed by atoms with Gasteiger partial charge < -0.3 is 19.2 Å². The average molecular weight is 370 g/mol. The number of carbonyl (C=O) groups excluding carboxylic acids is 1. The number of benzene rings is 1. The zero-order chi connectivity index (χ0) is 19.4. The molecular formula is C18H22N6O3. The molecule has 9 nitrogen and oxygen atoms in total. The zero-order valence-electron chi connectivity index (χ0n) is 15.5. The fourth-order valence-electron chi connectivity index (χ4n) is 2.85. The van der Waals surface area contributed by atoms with Gasteiger partial charge in [-0.05, 0) is 31.5 Å². The summed E-state index contributed by atoms with van der Waals surface area (Å²) in [7, 11) is 3.30. The van der Waals surface area contributed by atoms with Gasteiger partial charge in [0.1, 0.15) is 6.33 Å². The highest BCUT2D eigenvalue weighted by Crippen LogP contribution is 2.14. The van der Waals surface area contributed by atoms with Crippen LogP contribution < -0.4 is 10.9 Å². The first-order chi connectivity index (χ1) is 13.0. The number of aryl methyl sites for hydroxylation is 2. The third kappa shape index (κ3) is 4.03. The minimum Gasteiger partial charge on any atom is -0.385 e. The number of methoxy groups -OCH3 is 1. The Morgan fingerprint density at radius 2 is 2.15 bits per heavy atom. The summed E-state index contributed by atoms with van der Waals surface area (Å²) in [6.45, 7) is 3.20. The van der Waals surface area contributed by atoms with Gasteiger partial charge >= 0.3 is 0 Å². The number of hydrogen-bond donors (Lipinski definition) is 1. The molecule has 1 unspecified atom stereocenters. The molecule has 1 aromatic carbocycles. The van der Waals surface area contributed by atoms with Crippen LogP contribution in [0.25, 0.3) is 10.9 Å². The molecule has 2 heterocycles. The maximum Gasteiger partial charge on any atom is 0.260 e. The lowest BCUT2D eigenvalue weighted by atomic mass is 10.1. The molecule has 1 N–H and O–H groups in total. The minimum atomic E-state index is -0.324. The molecule has 0 fully saturated rings. The lowest BCUT2D eigenvalue weighted by Crippen LogP contribution is -2.29. The Balaban J connectivity index is 1.75. The van der Waals surface area contributed by atoms with E-state index < -0.39 is 0 Å². The normalized spacial score (nSPS) is 12.3. The van der Waals surface area contributed by atoms with Crippen molar-refractivity contribution >= 4 is 16.8 Å². The Labute approximate surface area is 156 Å². The van der Waals surface area contributed by atoms with E-state index in [0.717, 1.165) is 6.42 Å². The van der Waals surface area contributed by atoms with E-state index in [1.54, 1.807) is 38.7 Å². The molecule has 0 radical (unpaired) electrons. The summed E-state index contributed by atoms with van der Waals surface area (Å²) in [5.74, 6) is 0.408. The maximum absolute atomic E-state index is 12.6. The van der Waals surface area contributed by atoms with E-state index in [4.69, 9.17) is 4.74 Å². The van der Waals surface area contributed by atoms with Gasteiger partial charge in [-0.2, -0.15) is 0 Å². The molecule has 27 heavy (non-hydrogen) atoms. The number of ether oxygens (including phenoxy) is 1. The lowest BCUT2D eigenvalue weighted by Gasteiger charge is -2.15. The molecular weight excluding hydrogens is 348 g/mol. The van der Waals surface area contributed by atoms with E-state index in [2.05, 4.69) is 20.5 Å². The second-order valence-corrected chi connectivity index (χ2v) is 6.32. The Morgan fingerprint density at radius 1 is 1.33 bits per heavy atom. The minimum absolute atomic E-state index is 0.149. The summed E-state index contributed by atoms with van der Waals surface area (Å²) in [6.07, 6.45) is 3.91. The summed E-state index contributed by atoms with van der Waals surface area (Å²) in [4.78, 5) is 28.9. The van der Waals surface area contributed by atoms with E-state index in [0.29, 0.717) is 35.4 Å². The fourth-order valence-corrected chi connectivity index (χ4v) is 2.85. The van der Waals surface area contributed by atoms with Crippen LogP contribution in [0.4, 0.5) is 0 Å². The molecule has 0 saturated heterocycles. The highest BCUT2D eigenvalue weighted by molar-refractivity contribution is 5.97. The molecule has 3 aromatic rings. The lowest BCUT2D eigenvalue weighted by molar-refractivity contribution is 0.0937. The molecule has 0 spiro atoms. The predicted molar refractivity (Wildman–Crippen MR) is 99.4 cm³/mol. The molecule has 9 heteroatoms. The summed E-state index contributed by atoms with van der Waals surface area (Å²) < 4.78 is 8.36. The van der Waals surface area contributed by atoms with E-state index in [-0.39, 0.29) is 17.5 Å². The third-order valence-corrected chi connectivity index (χ3v) is 4.31. The molecule has 1 amide bonds. The van der Waals surface area contributed by atoms with Crippen molar-refractivity contribution in [2.24, 2.45) is 7.05 Å². The highest BCUT2D eigenvalue weighted by Gasteiger charge is 2.17. The Hall–Kier alpha value is -3.07. The third-order valence-electron chi connectivity index (χ3n) is 4.31. The summed E-state index contributed by atoms with van der Waals surface area (Å²) >= 11 is 0. The number of fused-ring (bicyclic) bond motifs is 1. The van der Waals surface area contributed by atoms with Gasteiger partial charge in [0, 0.05) is 32.9 Å². The second kappa shape index (κ2) is 8.09. The van der Waals surface area contributed by atoms with Gasteiger partial charge in [0.2, 0.25) is 0 Å². The van der Waals surface area contributed by atoms with Gasteiger partial charge in [-0.25, -0.2) is 4.98 Å². The van der Waals surface area contributed by atoms with Crippen molar-refractivity contribution in [3.63, 3.8) is 0 Å². The Bertz CT molecular complexity index is 1010. The number of hydrogen-bond acceptors (Lipinski definition) is 6. The van der Waals surface area contributed by atoms with E-state index in [9.17, 15) is 9.59 Å². The molecule has 0 aliphatic carbocycles. The molecule has 0 aliphatic heterocycles. The summed E-state index contributed by atoms with van der Waals surface area (Å²) in [6, 6.07) is 4.53.